The second kappa shape index (κ2) is 10.8. The monoisotopic (exact) mass is 512 g/mol. The Morgan fingerprint density at radius 2 is 1.63 bits per heavy atom. The van der Waals surface area contributed by atoms with Gasteiger partial charge >= 0.3 is 0 Å². The first-order valence-electron chi connectivity index (χ1n) is 12.6. The normalized spacial score (nSPS) is 13.5. The van der Waals surface area contributed by atoms with Crippen LogP contribution in [0.25, 0.3) is 0 Å². The molecule has 3 heterocycles. The zero-order chi connectivity index (χ0) is 26.6. The molecule has 2 aromatic carbocycles. The van der Waals surface area contributed by atoms with Crippen LogP contribution in [0, 0.1) is 13.8 Å². The molecule has 5 N–H and O–H groups in total. The van der Waals surface area contributed by atoms with Crippen molar-refractivity contribution in [3.8, 4) is 5.75 Å². The van der Waals surface area contributed by atoms with Gasteiger partial charge in [0.2, 0.25) is 5.95 Å². The number of H-pyrrole nitrogens is 1. The molecule has 0 aliphatic carbocycles. The second-order valence-electron chi connectivity index (χ2n) is 9.59. The number of primary amides is 1. The Balaban J connectivity index is 1.23. The van der Waals surface area contributed by atoms with Gasteiger partial charge < -0.3 is 26.0 Å². The van der Waals surface area contributed by atoms with Crippen molar-refractivity contribution in [2.24, 2.45) is 5.73 Å². The van der Waals surface area contributed by atoms with Gasteiger partial charge in [-0.3, -0.25) is 9.89 Å². The number of aryl methyl sites for hydroxylation is 2. The summed E-state index contributed by atoms with van der Waals surface area (Å²) in [6.45, 7) is 7.67. The molecule has 0 saturated carbocycles. The summed E-state index contributed by atoms with van der Waals surface area (Å²) in [4.78, 5) is 25.6. The van der Waals surface area contributed by atoms with Crippen LogP contribution in [0.4, 0.5) is 17.5 Å². The summed E-state index contributed by atoms with van der Waals surface area (Å²) in [6.07, 6.45) is 4.05. The molecule has 1 amide bonds. The molecule has 38 heavy (non-hydrogen) atoms. The summed E-state index contributed by atoms with van der Waals surface area (Å²) in [5.74, 6) is 0.956. The van der Waals surface area contributed by atoms with Gasteiger partial charge in [-0.1, -0.05) is 24.3 Å². The average Bonchev–Trinajstić information content (AvgIpc) is 3.34. The van der Waals surface area contributed by atoms with Gasteiger partial charge in [0.15, 0.2) is 5.82 Å². The van der Waals surface area contributed by atoms with E-state index in [-0.39, 0.29) is 0 Å². The highest BCUT2D eigenvalue weighted by Gasteiger charge is 2.21. The quantitative estimate of drug-likeness (QED) is 0.283. The molecular weight excluding hydrogens is 480 g/mol. The van der Waals surface area contributed by atoms with Crippen molar-refractivity contribution >= 4 is 23.4 Å². The zero-order valence-electron chi connectivity index (χ0n) is 21.6. The van der Waals surface area contributed by atoms with Crippen LogP contribution in [0.5, 0.6) is 5.75 Å². The summed E-state index contributed by atoms with van der Waals surface area (Å²) < 4.78 is 0. The molecule has 0 bridgehead atoms. The van der Waals surface area contributed by atoms with E-state index in [0.29, 0.717) is 35.8 Å². The van der Waals surface area contributed by atoms with Crippen LogP contribution in [0.1, 0.15) is 38.3 Å². The van der Waals surface area contributed by atoms with Gasteiger partial charge in [0, 0.05) is 57.2 Å². The highest BCUT2D eigenvalue weighted by molar-refractivity contribution is 5.99. The fourth-order valence-electron chi connectivity index (χ4n) is 4.88. The van der Waals surface area contributed by atoms with Gasteiger partial charge in [0.1, 0.15) is 11.3 Å². The van der Waals surface area contributed by atoms with E-state index in [9.17, 15) is 9.90 Å². The van der Waals surface area contributed by atoms with Crippen molar-refractivity contribution in [3.05, 3.63) is 88.4 Å². The number of nitrogens with one attached hydrogen (secondary N) is 2. The number of hydrogen-bond donors (Lipinski definition) is 4. The number of nitrogens with zero attached hydrogens (tertiary/aromatic N) is 5. The van der Waals surface area contributed by atoms with E-state index < -0.39 is 5.91 Å². The second-order valence-corrected chi connectivity index (χ2v) is 9.59. The zero-order valence-corrected chi connectivity index (χ0v) is 21.6. The number of phenols is 1. The summed E-state index contributed by atoms with van der Waals surface area (Å²) in [5, 5.41) is 20.5. The lowest BCUT2D eigenvalue weighted by Crippen LogP contribution is -2.47. The third-order valence-corrected chi connectivity index (χ3v) is 6.90. The summed E-state index contributed by atoms with van der Waals surface area (Å²) in [7, 11) is 0. The molecule has 1 saturated heterocycles. The number of carbonyl (C=O) groups is 1. The minimum atomic E-state index is -0.536. The summed E-state index contributed by atoms with van der Waals surface area (Å²) in [5.41, 5.74) is 11.5. The molecule has 1 aliphatic heterocycles. The number of aromatic nitrogens is 4. The molecule has 0 radical (unpaired) electrons. The smallest absolute Gasteiger partial charge is 0.254 e. The highest BCUT2D eigenvalue weighted by Crippen LogP contribution is 2.25. The van der Waals surface area contributed by atoms with Crippen molar-refractivity contribution in [2.45, 2.75) is 26.8 Å². The topological polar surface area (TPSA) is 136 Å². The Kier molecular flexibility index (Phi) is 7.12. The first kappa shape index (κ1) is 25.1. The van der Waals surface area contributed by atoms with E-state index in [2.05, 4.69) is 59.5 Å². The Morgan fingerprint density at radius 3 is 2.26 bits per heavy atom. The number of piperazine rings is 1. The first-order valence-corrected chi connectivity index (χ1v) is 12.6. The molecule has 2 aromatic heterocycles. The third-order valence-electron chi connectivity index (χ3n) is 6.90. The van der Waals surface area contributed by atoms with Gasteiger partial charge in [0.25, 0.3) is 5.91 Å². The Labute approximate surface area is 221 Å². The third kappa shape index (κ3) is 5.39. The van der Waals surface area contributed by atoms with Crippen LogP contribution in [-0.4, -0.2) is 57.4 Å². The van der Waals surface area contributed by atoms with Crippen LogP contribution in [-0.2, 0) is 13.0 Å². The van der Waals surface area contributed by atoms with Crippen LogP contribution < -0.4 is 20.9 Å². The number of anilines is 3. The number of aromatic amines is 1. The summed E-state index contributed by atoms with van der Waals surface area (Å²) >= 11 is 0. The van der Waals surface area contributed by atoms with Crippen molar-refractivity contribution in [2.75, 3.05) is 41.3 Å². The highest BCUT2D eigenvalue weighted by atomic mass is 16.3. The van der Waals surface area contributed by atoms with Crippen molar-refractivity contribution < 1.29 is 9.90 Å². The number of hydrogen-bond acceptors (Lipinski definition) is 8. The fraction of sp³-hybridized carbons (Fsp3) is 0.286. The molecule has 4 aromatic rings. The van der Waals surface area contributed by atoms with Gasteiger partial charge in [-0.15, -0.1) is 0 Å². The number of benzene rings is 2. The largest absolute Gasteiger partial charge is 0.507 e. The summed E-state index contributed by atoms with van der Waals surface area (Å²) in [6, 6.07) is 14.0. The minimum absolute atomic E-state index is 0.295. The van der Waals surface area contributed by atoms with E-state index in [1.54, 1.807) is 12.4 Å². The number of carbonyl (C=O) groups excluding carboxylic acids is 1. The standard InChI is InChI=1S/C28H32N8O2/c1-18-14-21(15-19(2)25(18)37)17-32-27-24(26(29)38)23(33-34-27)16-20-4-6-22(7-5-20)35-10-12-36(13-11-35)28-30-8-3-9-31-28/h3-9,14-15,37H,10-13,16-17H2,1-2H3,(H2,29,38)(H2,32,33,34). The maximum absolute atomic E-state index is 12.3. The predicted molar refractivity (Wildman–Crippen MR) is 148 cm³/mol. The van der Waals surface area contributed by atoms with Crippen LogP contribution in [0.3, 0.4) is 0 Å². The van der Waals surface area contributed by atoms with Gasteiger partial charge in [-0.05, 0) is 54.3 Å². The Morgan fingerprint density at radius 1 is 1.00 bits per heavy atom. The Hall–Kier alpha value is -4.60. The van der Waals surface area contributed by atoms with E-state index in [1.165, 1.54) is 0 Å². The molecule has 5 rings (SSSR count). The lowest BCUT2D eigenvalue weighted by atomic mass is 10.0. The van der Waals surface area contributed by atoms with Gasteiger partial charge in [-0.2, -0.15) is 5.10 Å². The van der Waals surface area contributed by atoms with Crippen molar-refractivity contribution in [3.63, 3.8) is 0 Å². The predicted octanol–water partition coefficient (Wildman–Crippen LogP) is 3.15. The molecule has 0 unspecified atom stereocenters. The Bertz CT molecular complexity index is 1390. The minimum Gasteiger partial charge on any atom is -0.507 e. The number of nitrogens with two attached hydrogens (primary N) is 1. The molecule has 10 nitrogen and oxygen atoms in total. The maximum atomic E-state index is 12.3. The van der Waals surface area contributed by atoms with E-state index in [4.69, 9.17) is 5.73 Å². The molecule has 1 aliphatic rings. The SMILES string of the molecule is Cc1cc(CNc2n[nH]c(Cc3ccc(N4CCN(c5ncccn5)CC4)cc3)c2C(N)=O)cc(C)c1O. The molecule has 196 valence electrons. The van der Waals surface area contributed by atoms with E-state index >= 15 is 0 Å². The molecular formula is C28H32N8O2. The van der Waals surface area contributed by atoms with Crippen LogP contribution in [0.15, 0.2) is 54.9 Å². The number of aromatic hydroxyl groups is 1. The van der Waals surface area contributed by atoms with Gasteiger partial charge in [0.05, 0.1) is 5.69 Å². The number of rotatable bonds is 8. The lowest BCUT2D eigenvalue weighted by molar-refractivity contribution is 0.100. The van der Waals surface area contributed by atoms with Crippen molar-refractivity contribution in [1.82, 2.24) is 20.2 Å². The van der Waals surface area contributed by atoms with E-state index in [1.807, 2.05) is 32.0 Å². The molecule has 0 atom stereocenters. The molecule has 0 spiro atoms. The maximum Gasteiger partial charge on any atom is 0.254 e. The molecule has 1 fully saturated rings. The molecule has 10 heteroatoms. The fourth-order valence-corrected chi connectivity index (χ4v) is 4.88. The van der Waals surface area contributed by atoms with Gasteiger partial charge in [-0.25, -0.2) is 9.97 Å². The van der Waals surface area contributed by atoms with E-state index in [0.717, 1.165) is 60.1 Å². The average molecular weight is 513 g/mol. The van der Waals surface area contributed by atoms with Crippen LogP contribution >= 0.6 is 0 Å². The van der Waals surface area contributed by atoms with Crippen LogP contribution in [0.2, 0.25) is 0 Å². The van der Waals surface area contributed by atoms with Crippen molar-refractivity contribution in [1.29, 1.82) is 0 Å². The first-order chi connectivity index (χ1) is 18.4. The number of phenolic OH excluding ortho intramolecular Hbond substituents is 1. The number of amides is 1. The lowest BCUT2D eigenvalue weighted by Gasteiger charge is -2.36.